The van der Waals surface area contributed by atoms with Gasteiger partial charge in [-0.3, -0.25) is 24.2 Å². The van der Waals surface area contributed by atoms with Crippen LogP contribution in [-0.2, 0) is 33.4 Å². The normalized spacial score (nSPS) is 23.4. The van der Waals surface area contributed by atoms with E-state index in [1.807, 2.05) is 23.9 Å². The highest BCUT2D eigenvalue weighted by Crippen LogP contribution is 2.48. The van der Waals surface area contributed by atoms with Crippen LogP contribution in [0.25, 0.3) is 0 Å². The SMILES string of the molecule is CCOC(=O)CC(C(=O)OCC)N(C)CC1(C)CC(N(C)C(C=O)CC(=O)OCC)CC(C)(C)C1. The summed E-state index contributed by atoms with van der Waals surface area (Å²) >= 11 is 0. The number of nitrogens with zero attached hydrogens (tertiary/aromatic N) is 2. The third-order valence-corrected chi connectivity index (χ3v) is 6.75. The van der Waals surface area contributed by atoms with E-state index in [4.69, 9.17) is 14.2 Å². The number of rotatable bonds is 14. The molecular formula is C26H46N2O7. The van der Waals surface area contributed by atoms with Gasteiger partial charge < -0.3 is 19.0 Å². The molecule has 1 saturated carbocycles. The first-order valence-corrected chi connectivity index (χ1v) is 12.7. The molecule has 0 aliphatic heterocycles. The van der Waals surface area contributed by atoms with Crippen LogP contribution in [0.4, 0.5) is 0 Å². The van der Waals surface area contributed by atoms with Gasteiger partial charge in [0, 0.05) is 12.6 Å². The highest BCUT2D eigenvalue weighted by atomic mass is 16.5. The van der Waals surface area contributed by atoms with Crippen LogP contribution in [0.1, 0.15) is 73.6 Å². The van der Waals surface area contributed by atoms with Crippen LogP contribution in [0, 0.1) is 10.8 Å². The van der Waals surface area contributed by atoms with Gasteiger partial charge in [-0.1, -0.05) is 20.8 Å². The van der Waals surface area contributed by atoms with Gasteiger partial charge in [0.15, 0.2) is 0 Å². The molecule has 4 unspecified atom stereocenters. The van der Waals surface area contributed by atoms with E-state index in [9.17, 15) is 19.2 Å². The Labute approximate surface area is 210 Å². The molecule has 1 fully saturated rings. The average Bonchev–Trinajstić information content (AvgIpc) is 2.74. The third-order valence-electron chi connectivity index (χ3n) is 6.75. The van der Waals surface area contributed by atoms with Gasteiger partial charge in [0.2, 0.25) is 0 Å². The summed E-state index contributed by atoms with van der Waals surface area (Å²) in [5.74, 6) is -1.26. The van der Waals surface area contributed by atoms with Crippen molar-refractivity contribution in [3.05, 3.63) is 0 Å². The van der Waals surface area contributed by atoms with Crippen molar-refractivity contribution in [1.82, 2.24) is 9.80 Å². The largest absolute Gasteiger partial charge is 0.466 e. The quantitative estimate of drug-likeness (QED) is 0.203. The van der Waals surface area contributed by atoms with Crippen molar-refractivity contribution in [1.29, 1.82) is 0 Å². The maximum absolute atomic E-state index is 12.7. The maximum atomic E-state index is 12.7. The fourth-order valence-electron chi connectivity index (χ4n) is 5.68. The molecule has 1 aliphatic carbocycles. The Morgan fingerprint density at radius 3 is 1.97 bits per heavy atom. The summed E-state index contributed by atoms with van der Waals surface area (Å²) in [6.45, 7) is 13.1. The van der Waals surface area contributed by atoms with Crippen LogP contribution in [0.3, 0.4) is 0 Å². The summed E-state index contributed by atoms with van der Waals surface area (Å²) in [5.41, 5.74) is -0.225. The Morgan fingerprint density at radius 2 is 1.46 bits per heavy atom. The minimum Gasteiger partial charge on any atom is -0.466 e. The number of likely N-dealkylation sites (N-methyl/N-ethyl adjacent to an activating group) is 2. The molecule has 9 nitrogen and oxygen atoms in total. The lowest BCUT2D eigenvalue weighted by atomic mass is 9.62. The smallest absolute Gasteiger partial charge is 0.323 e. The summed E-state index contributed by atoms with van der Waals surface area (Å²) < 4.78 is 15.4. The number of carbonyl (C=O) groups excluding carboxylic acids is 4. The third kappa shape index (κ3) is 9.88. The standard InChI is InChI=1S/C26H46N2O7/c1-9-33-22(30)12-19(16-29)28(8)20-14-25(4,5)17-26(6,15-20)18-27(7)21(24(32)35-11-3)13-23(31)34-10-2/h16,19-21H,9-15,17-18H2,1-8H3. The number of aldehydes is 1. The Bertz CT molecular complexity index is 726. The molecule has 0 saturated heterocycles. The van der Waals surface area contributed by atoms with Crippen LogP contribution >= 0.6 is 0 Å². The zero-order chi connectivity index (χ0) is 26.8. The zero-order valence-electron chi connectivity index (χ0n) is 22.9. The van der Waals surface area contributed by atoms with Gasteiger partial charge in [0.05, 0.1) is 38.7 Å². The first kappa shape index (κ1) is 31.0. The summed E-state index contributed by atoms with van der Waals surface area (Å²) in [4.78, 5) is 52.7. The Kier molecular flexibility index (Phi) is 12.3. The monoisotopic (exact) mass is 498 g/mol. The van der Waals surface area contributed by atoms with Crippen molar-refractivity contribution >= 4 is 24.2 Å². The van der Waals surface area contributed by atoms with Gasteiger partial charge in [0.25, 0.3) is 0 Å². The minimum atomic E-state index is -0.737. The molecule has 202 valence electrons. The van der Waals surface area contributed by atoms with Crippen molar-refractivity contribution in [2.45, 2.75) is 91.8 Å². The fraction of sp³-hybridized carbons (Fsp3) is 0.846. The molecule has 0 spiro atoms. The first-order valence-electron chi connectivity index (χ1n) is 12.7. The lowest BCUT2D eigenvalue weighted by Crippen LogP contribution is -2.54. The second-order valence-corrected chi connectivity index (χ2v) is 10.8. The lowest BCUT2D eigenvalue weighted by Gasteiger charge is -2.51. The lowest BCUT2D eigenvalue weighted by molar-refractivity contribution is -0.156. The van der Waals surface area contributed by atoms with E-state index >= 15 is 0 Å². The molecule has 0 aromatic carbocycles. The van der Waals surface area contributed by atoms with Gasteiger partial charge in [-0.25, -0.2) is 0 Å². The van der Waals surface area contributed by atoms with Gasteiger partial charge >= 0.3 is 17.9 Å². The number of carbonyl (C=O) groups is 4. The highest BCUT2D eigenvalue weighted by Gasteiger charge is 2.45. The molecule has 0 aromatic rings. The van der Waals surface area contributed by atoms with Crippen molar-refractivity contribution in [2.75, 3.05) is 40.5 Å². The van der Waals surface area contributed by atoms with E-state index < -0.39 is 24.0 Å². The topological polar surface area (TPSA) is 102 Å². The van der Waals surface area contributed by atoms with Crippen molar-refractivity contribution in [3.63, 3.8) is 0 Å². The van der Waals surface area contributed by atoms with Gasteiger partial charge in [-0.05, 0) is 65.0 Å². The van der Waals surface area contributed by atoms with Crippen LogP contribution in [0.5, 0.6) is 0 Å². The Hall–Kier alpha value is -2.00. The van der Waals surface area contributed by atoms with Crippen LogP contribution < -0.4 is 0 Å². The molecule has 0 radical (unpaired) electrons. The van der Waals surface area contributed by atoms with E-state index in [0.29, 0.717) is 6.54 Å². The maximum Gasteiger partial charge on any atom is 0.323 e. The van der Waals surface area contributed by atoms with Gasteiger partial charge in [0.1, 0.15) is 12.3 Å². The van der Waals surface area contributed by atoms with Crippen LogP contribution in [-0.4, -0.2) is 92.6 Å². The van der Waals surface area contributed by atoms with E-state index in [-0.39, 0.29) is 55.5 Å². The van der Waals surface area contributed by atoms with E-state index in [1.54, 1.807) is 20.8 Å². The molecule has 1 rings (SSSR count). The van der Waals surface area contributed by atoms with Crippen LogP contribution in [0.15, 0.2) is 0 Å². The molecule has 0 bridgehead atoms. The Balaban J connectivity index is 3.08. The molecule has 0 heterocycles. The molecular weight excluding hydrogens is 452 g/mol. The summed E-state index contributed by atoms with van der Waals surface area (Å²) in [6, 6.07) is -1.24. The van der Waals surface area contributed by atoms with Gasteiger partial charge in [-0.2, -0.15) is 0 Å². The summed E-state index contributed by atoms with van der Waals surface area (Å²) in [7, 11) is 3.72. The average molecular weight is 499 g/mol. The highest BCUT2D eigenvalue weighted by molar-refractivity contribution is 5.82. The second-order valence-electron chi connectivity index (χ2n) is 10.8. The molecule has 0 amide bonds. The molecule has 0 N–H and O–H groups in total. The molecule has 4 atom stereocenters. The fourth-order valence-corrected chi connectivity index (χ4v) is 5.68. The van der Waals surface area contributed by atoms with E-state index in [0.717, 1.165) is 25.5 Å². The summed E-state index contributed by atoms with van der Waals surface area (Å²) in [5, 5.41) is 0. The van der Waals surface area contributed by atoms with Crippen molar-refractivity contribution < 1.29 is 33.4 Å². The predicted octanol–water partition coefficient (Wildman–Crippen LogP) is 2.84. The zero-order valence-corrected chi connectivity index (χ0v) is 22.9. The molecule has 35 heavy (non-hydrogen) atoms. The molecule has 1 aliphatic rings. The van der Waals surface area contributed by atoms with Crippen molar-refractivity contribution in [2.24, 2.45) is 10.8 Å². The number of esters is 3. The first-order chi connectivity index (χ1) is 16.3. The van der Waals surface area contributed by atoms with Crippen molar-refractivity contribution in [3.8, 4) is 0 Å². The van der Waals surface area contributed by atoms with Gasteiger partial charge in [-0.15, -0.1) is 0 Å². The molecule has 9 heteroatoms. The predicted molar refractivity (Wildman–Crippen MR) is 133 cm³/mol. The number of hydrogen-bond acceptors (Lipinski definition) is 9. The van der Waals surface area contributed by atoms with E-state index in [1.165, 1.54) is 0 Å². The minimum absolute atomic E-state index is 0.0197. The number of hydrogen-bond donors (Lipinski definition) is 0. The van der Waals surface area contributed by atoms with Crippen LogP contribution in [0.2, 0.25) is 0 Å². The van der Waals surface area contributed by atoms with E-state index in [2.05, 4.69) is 20.8 Å². The second kappa shape index (κ2) is 13.9. The Morgan fingerprint density at radius 1 is 0.914 bits per heavy atom. The summed E-state index contributed by atoms with van der Waals surface area (Å²) in [6.07, 6.45) is 3.33. The number of ether oxygens (including phenoxy) is 3. The molecule has 0 aromatic heterocycles.